The number of hydrogen-bond acceptors (Lipinski definition) is 3. The van der Waals surface area contributed by atoms with E-state index in [-0.39, 0.29) is 5.41 Å². The molecule has 12 aromatic rings. The standard InChI is InChI=1S/C61H41NO2/c1-61(2)54-21-10-8-17-48(54)49-33-27-42(36-55(49)61)58-46-16-7-6-15-41(46)35-53-52-37-45(32-34-57(52)64-60(53)58)62(43-28-23-39(24-29-43)38-13-4-3-5-14-38)44-30-25-40(26-31-44)47-19-12-20-51-50-18-9-11-22-56(50)63-59(47)51/h3-37H,1-2H3. The van der Waals surface area contributed by atoms with E-state index in [1.54, 1.807) is 0 Å². The minimum atomic E-state index is -0.115. The Morgan fingerprint density at radius 2 is 0.938 bits per heavy atom. The average Bonchev–Trinajstić information content (AvgIpc) is 3.98. The second-order valence-electron chi connectivity index (χ2n) is 17.6. The maximum absolute atomic E-state index is 6.98. The predicted molar refractivity (Wildman–Crippen MR) is 267 cm³/mol. The summed E-state index contributed by atoms with van der Waals surface area (Å²) >= 11 is 0. The molecule has 64 heavy (non-hydrogen) atoms. The number of rotatable bonds is 6. The van der Waals surface area contributed by atoms with E-state index < -0.39 is 0 Å². The minimum absolute atomic E-state index is 0.115. The van der Waals surface area contributed by atoms with Crippen molar-refractivity contribution in [3.8, 4) is 44.5 Å². The van der Waals surface area contributed by atoms with Crippen LogP contribution in [0.5, 0.6) is 0 Å². The van der Waals surface area contributed by atoms with Crippen molar-refractivity contribution in [2.24, 2.45) is 0 Å². The van der Waals surface area contributed by atoms with Crippen LogP contribution in [0.2, 0.25) is 0 Å². The van der Waals surface area contributed by atoms with Crippen LogP contribution >= 0.6 is 0 Å². The topological polar surface area (TPSA) is 29.5 Å². The zero-order chi connectivity index (χ0) is 42.5. The number of benzene rings is 10. The van der Waals surface area contributed by atoms with Gasteiger partial charge in [-0.2, -0.15) is 0 Å². The lowest BCUT2D eigenvalue weighted by Gasteiger charge is -2.26. The molecule has 3 nitrogen and oxygen atoms in total. The molecule has 3 heteroatoms. The van der Waals surface area contributed by atoms with Crippen LogP contribution in [0, 0.1) is 0 Å². The molecule has 0 unspecified atom stereocenters. The largest absolute Gasteiger partial charge is 0.455 e. The highest BCUT2D eigenvalue weighted by atomic mass is 16.3. The van der Waals surface area contributed by atoms with Crippen molar-refractivity contribution in [3.05, 3.63) is 223 Å². The molecule has 0 saturated heterocycles. The molecular weight excluding hydrogens is 779 g/mol. The number of fused-ring (bicyclic) bond motifs is 10. The van der Waals surface area contributed by atoms with Crippen molar-refractivity contribution in [1.29, 1.82) is 0 Å². The Hall–Kier alpha value is -8.14. The van der Waals surface area contributed by atoms with Crippen LogP contribution in [0.1, 0.15) is 25.0 Å². The first kappa shape index (κ1) is 36.5. The molecule has 0 fully saturated rings. The first-order valence-corrected chi connectivity index (χ1v) is 22.1. The number of furan rings is 2. The van der Waals surface area contributed by atoms with Crippen LogP contribution in [0.25, 0.3) is 99.2 Å². The fraction of sp³-hybridized carbons (Fsp3) is 0.0492. The molecule has 2 aromatic heterocycles. The molecule has 0 saturated carbocycles. The van der Waals surface area contributed by atoms with Gasteiger partial charge in [-0.05, 0) is 116 Å². The van der Waals surface area contributed by atoms with E-state index in [0.29, 0.717) is 0 Å². The Morgan fingerprint density at radius 1 is 0.344 bits per heavy atom. The molecule has 0 N–H and O–H groups in total. The second-order valence-corrected chi connectivity index (χ2v) is 17.6. The Balaban J connectivity index is 0.969. The summed E-state index contributed by atoms with van der Waals surface area (Å²) in [6.45, 7) is 4.69. The highest BCUT2D eigenvalue weighted by molar-refractivity contribution is 6.19. The monoisotopic (exact) mass is 819 g/mol. The molecule has 2 heterocycles. The van der Waals surface area contributed by atoms with Gasteiger partial charge >= 0.3 is 0 Å². The Morgan fingerprint density at radius 3 is 1.77 bits per heavy atom. The van der Waals surface area contributed by atoms with Gasteiger partial charge in [0.1, 0.15) is 22.3 Å². The van der Waals surface area contributed by atoms with Crippen LogP contribution < -0.4 is 4.90 Å². The average molecular weight is 820 g/mol. The Kier molecular flexibility index (Phi) is 7.95. The number of anilines is 3. The molecule has 0 amide bonds. The highest BCUT2D eigenvalue weighted by Gasteiger charge is 2.35. The first-order chi connectivity index (χ1) is 31.5. The summed E-state index contributed by atoms with van der Waals surface area (Å²) in [4.78, 5) is 2.35. The van der Waals surface area contributed by atoms with Gasteiger partial charge in [0.15, 0.2) is 0 Å². The van der Waals surface area contributed by atoms with Crippen LogP contribution in [0.4, 0.5) is 17.1 Å². The minimum Gasteiger partial charge on any atom is -0.455 e. The van der Waals surface area contributed by atoms with Gasteiger partial charge in [-0.15, -0.1) is 0 Å². The molecule has 0 bridgehead atoms. The van der Waals surface area contributed by atoms with Gasteiger partial charge in [0.2, 0.25) is 0 Å². The first-order valence-electron chi connectivity index (χ1n) is 22.1. The maximum atomic E-state index is 6.98. The molecule has 0 aliphatic heterocycles. The quantitative estimate of drug-likeness (QED) is 0.167. The maximum Gasteiger partial charge on any atom is 0.143 e. The van der Waals surface area contributed by atoms with Gasteiger partial charge < -0.3 is 13.7 Å². The summed E-state index contributed by atoms with van der Waals surface area (Å²) in [6, 6.07) is 76.5. The normalized spacial score (nSPS) is 13.0. The highest BCUT2D eigenvalue weighted by Crippen LogP contribution is 2.51. The molecule has 0 radical (unpaired) electrons. The summed E-state index contributed by atoms with van der Waals surface area (Å²) in [6.07, 6.45) is 0. The molecular formula is C61H41NO2. The van der Waals surface area contributed by atoms with Crippen molar-refractivity contribution in [2.45, 2.75) is 19.3 Å². The molecule has 302 valence electrons. The van der Waals surface area contributed by atoms with Crippen LogP contribution in [0.3, 0.4) is 0 Å². The third-order valence-electron chi connectivity index (χ3n) is 13.7. The molecule has 1 aliphatic rings. The third-order valence-corrected chi connectivity index (χ3v) is 13.7. The summed E-state index contributed by atoms with van der Waals surface area (Å²) in [5, 5.41) is 6.80. The van der Waals surface area contributed by atoms with Crippen molar-refractivity contribution in [2.75, 3.05) is 4.90 Å². The van der Waals surface area contributed by atoms with Crippen molar-refractivity contribution in [1.82, 2.24) is 0 Å². The Labute approximate surface area is 371 Å². The fourth-order valence-corrected chi connectivity index (χ4v) is 10.5. The van der Waals surface area contributed by atoms with E-state index in [2.05, 4.69) is 219 Å². The smallest absolute Gasteiger partial charge is 0.143 e. The second kappa shape index (κ2) is 13.9. The molecule has 13 rings (SSSR count). The summed E-state index contributed by atoms with van der Waals surface area (Å²) in [7, 11) is 0. The summed E-state index contributed by atoms with van der Waals surface area (Å²) in [5.74, 6) is 0. The molecule has 0 atom stereocenters. The van der Waals surface area contributed by atoms with Crippen LogP contribution in [0.15, 0.2) is 221 Å². The van der Waals surface area contributed by atoms with Gasteiger partial charge in [0, 0.05) is 55.1 Å². The van der Waals surface area contributed by atoms with Crippen molar-refractivity contribution >= 4 is 71.7 Å². The number of nitrogens with zero attached hydrogens (tertiary/aromatic N) is 1. The van der Waals surface area contributed by atoms with Gasteiger partial charge in [-0.3, -0.25) is 0 Å². The number of para-hydroxylation sites is 2. The van der Waals surface area contributed by atoms with E-state index in [0.717, 1.165) is 77.6 Å². The molecule has 0 spiro atoms. The van der Waals surface area contributed by atoms with E-state index >= 15 is 0 Å². The zero-order valence-electron chi connectivity index (χ0n) is 35.5. The molecule has 1 aliphatic carbocycles. The summed E-state index contributed by atoms with van der Waals surface area (Å²) < 4.78 is 13.4. The Bertz CT molecular complexity index is 3800. The third kappa shape index (κ3) is 5.54. The SMILES string of the molecule is CC1(C)c2ccccc2-c2ccc(-c3c4ccccc4cc4c3oc3ccc(N(c5ccc(-c6ccccc6)cc5)c5ccc(-c6cccc7c6oc6ccccc67)cc5)cc34)cc21. The summed E-state index contributed by atoms with van der Waals surface area (Å²) in [5.41, 5.74) is 18.8. The lowest BCUT2D eigenvalue weighted by atomic mass is 9.81. The van der Waals surface area contributed by atoms with Crippen LogP contribution in [-0.4, -0.2) is 0 Å². The predicted octanol–water partition coefficient (Wildman–Crippen LogP) is 17.4. The van der Waals surface area contributed by atoms with E-state index in [1.807, 2.05) is 12.1 Å². The lowest BCUT2D eigenvalue weighted by molar-refractivity contribution is 0.660. The zero-order valence-corrected chi connectivity index (χ0v) is 35.5. The van der Waals surface area contributed by atoms with Gasteiger partial charge in [0.25, 0.3) is 0 Å². The van der Waals surface area contributed by atoms with Crippen LogP contribution in [-0.2, 0) is 5.41 Å². The van der Waals surface area contributed by atoms with Gasteiger partial charge in [0.05, 0.1) is 0 Å². The fourth-order valence-electron chi connectivity index (χ4n) is 10.5. The van der Waals surface area contributed by atoms with E-state index in [9.17, 15) is 0 Å². The number of hydrogen-bond donors (Lipinski definition) is 0. The lowest BCUT2D eigenvalue weighted by Crippen LogP contribution is -2.14. The van der Waals surface area contributed by atoms with Gasteiger partial charge in [-0.25, -0.2) is 0 Å². The van der Waals surface area contributed by atoms with E-state index in [4.69, 9.17) is 8.83 Å². The van der Waals surface area contributed by atoms with E-state index in [1.165, 1.54) is 49.7 Å². The molecule has 10 aromatic carbocycles. The van der Waals surface area contributed by atoms with Crippen molar-refractivity contribution < 1.29 is 8.83 Å². The van der Waals surface area contributed by atoms with Crippen molar-refractivity contribution in [3.63, 3.8) is 0 Å². The van der Waals surface area contributed by atoms with Gasteiger partial charge in [-0.1, -0.05) is 166 Å².